The molecule has 0 spiro atoms. The van der Waals surface area contributed by atoms with Gasteiger partial charge in [0.1, 0.15) is 11.4 Å². The van der Waals surface area contributed by atoms with E-state index < -0.39 is 6.43 Å². The molecule has 96 valence electrons. The van der Waals surface area contributed by atoms with Crippen molar-refractivity contribution >= 4 is 0 Å². The molecule has 1 N–H and O–H groups in total. The van der Waals surface area contributed by atoms with E-state index in [9.17, 15) is 8.78 Å². The van der Waals surface area contributed by atoms with Gasteiger partial charge < -0.3 is 0 Å². The molecule has 4 nitrogen and oxygen atoms in total. The standard InChI is InChI=1S/C13H10F2N4/c14-12(15)10-8-11(18-17-10)13-16-6-7-19(13)9-4-2-1-3-5-9/h1-8,12H,(H,17,18). The molecule has 0 unspecified atom stereocenters. The lowest BCUT2D eigenvalue weighted by molar-refractivity contribution is 0.146. The molecule has 6 heteroatoms. The van der Waals surface area contributed by atoms with Crippen LogP contribution in [0.5, 0.6) is 0 Å². The van der Waals surface area contributed by atoms with E-state index in [0.717, 1.165) is 5.69 Å². The molecule has 0 fully saturated rings. The highest BCUT2D eigenvalue weighted by molar-refractivity contribution is 5.54. The second-order valence-corrected chi connectivity index (χ2v) is 3.97. The number of para-hydroxylation sites is 1. The summed E-state index contributed by atoms with van der Waals surface area (Å²) in [6.07, 6.45) is 0.807. The van der Waals surface area contributed by atoms with Gasteiger partial charge in [-0.2, -0.15) is 5.10 Å². The first-order chi connectivity index (χ1) is 9.25. The van der Waals surface area contributed by atoms with Crippen LogP contribution in [0.2, 0.25) is 0 Å². The first-order valence-corrected chi connectivity index (χ1v) is 5.68. The van der Waals surface area contributed by atoms with Gasteiger partial charge in [0.2, 0.25) is 0 Å². The van der Waals surface area contributed by atoms with E-state index in [2.05, 4.69) is 15.2 Å². The molecule has 19 heavy (non-hydrogen) atoms. The lowest BCUT2D eigenvalue weighted by Crippen LogP contribution is -1.95. The molecular weight excluding hydrogens is 250 g/mol. The second-order valence-electron chi connectivity index (χ2n) is 3.97. The molecule has 0 aliphatic heterocycles. The van der Waals surface area contributed by atoms with Crippen molar-refractivity contribution in [2.75, 3.05) is 0 Å². The summed E-state index contributed by atoms with van der Waals surface area (Å²) < 4.78 is 26.9. The number of nitrogens with zero attached hydrogens (tertiary/aromatic N) is 3. The summed E-state index contributed by atoms with van der Waals surface area (Å²) in [5, 5.41) is 6.20. The summed E-state index contributed by atoms with van der Waals surface area (Å²) in [5.74, 6) is 0.523. The van der Waals surface area contributed by atoms with Crippen molar-refractivity contribution in [2.24, 2.45) is 0 Å². The van der Waals surface area contributed by atoms with Crippen LogP contribution in [0.15, 0.2) is 48.8 Å². The highest BCUT2D eigenvalue weighted by atomic mass is 19.3. The van der Waals surface area contributed by atoms with E-state index >= 15 is 0 Å². The predicted octanol–water partition coefficient (Wildman–Crippen LogP) is 3.20. The number of benzene rings is 1. The fraction of sp³-hybridized carbons (Fsp3) is 0.0769. The fourth-order valence-corrected chi connectivity index (χ4v) is 1.85. The lowest BCUT2D eigenvalue weighted by Gasteiger charge is -2.05. The van der Waals surface area contributed by atoms with Crippen molar-refractivity contribution in [3.8, 4) is 17.2 Å². The van der Waals surface area contributed by atoms with E-state index in [4.69, 9.17) is 0 Å². The molecule has 0 saturated heterocycles. The number of imidazole rings is 1. The van der Waals surface area contributed by atoms with Crippen molar-refractivity contribution < 1.29 is 8.78 Å². The lowest BCUT2D eigenvalue weighted by atomic mass is 10.3. The van der Waals surface area contributed by atoms with Gasteiger partial charge in [0, 0.05) is 18.1 Å². The van der Waals surface area contributed by atoms with Crippen molar-refractivity contribution in [3.05, 3.63) is 54.5 Å². The SMILES string of the molecule is FC(F)c1cc(-c2nccn2-c2ccccc2)n[nH]1. The largest absolute Gasteiger partial charge is 0.298 e. The van der Waals surface area contributed by atoms with E-state index in [0.29, 0.717) is 11.5 Å². The third-order valence-electron chi connectivity index (χ3n) is 2.74. The Bertz CT molecular complexity index is 673. The first-order valence-electron chi connectivity index (χ1n) is 5.68. The van der Waals surface area contributed by atoms with Crippen LogP contribution in [-0.4, -0.2) is 19.7 Å². The zero-order valence-corrected chi connectivity index (χ0v) is 9.79. The summed E-state index contributed by atoms with van der Waals surface area (Å²) in [6.45, 7) is 0. The Labute approximate surface area is 107 Å². The summed E-state index contributed by atoms with van der Waals surface area (Å²) >= 11 is 0. The van der Waals surface area contributed by atoms with Crippen LogP contribution >= 0.6 is 0 Å². The number of nitrogens with one attached hydrogen (secondary N) is 1. The second kappa shape index (κ2) is 4.64. The zero-order valence-electron chi connectivity index (χ0n) is 9.79. The Kier molecular flexibility index (Phi) is 2.83. The number of hydrogen-bond acceptors (Lipinski definition) is 2. The smallest absolute Gasteiger partial charge is 0.279 e. The van der Waals surface area contributed by atoms with Gasteiger partial charge in [-0.05, 0) is 18.2 Å². The third-order valence-corrected chi connectivity index (χ3v) is 2.74. The topological polar surface area (TPSA) is 46.5 Å². The minimum absolute atomic E-state index is 0.211. The van der Waals surface area contributed by atoms with Crippen LogP contribution in [0.25, 0.3) is 17.2 Å². The minimum Gasteiger partial charge on any atom is -0.298 e. The Morgan fingerprint density at radius 3 is 2.63 bits per heavy atom. The average Bonchev–Trinajstić information content (AvgIpc) is 3.08. The van der Waals surface area contributed by atoms with Gasteiger partial charge in [-0.15, -0.1) is 0 Å². The molecule has 1 aromatic carbocycles. The Morgan fingerprint density at radius 2 is 1.95 bits per heavy atom. The van der Waals surface area contributed by atoms with Crippen LogP contribution in [-0.2, 0) is 0 Å². The van der Waals surface area contributed by atoms with Crippen LogP contribution in [0.1, 0.15) is 12.1 Å². The molecule has 0 aliphatic carbocycles. The van der Waals surface area contributed by atoms with Crippen LogP contribution in [0.4, 0.5) is 8.78 Å². The van der Waals surface area contributed by atoms with E-state index in [-0.39, 0.29) is 5.69 Å². The molecule has 0 atom stereocenters. The number of aromatic nitrogens is 4. The summed E-state index contributed by atoms with van der Waals surface area (Å²) in [7, 11) is 0. The molecule has 3 rings (SSSR count). The van der Waals surface area contributed by atoms with Crippen LogP contribution in [0.3, 0.4) is 0 Å². The first kappa shape index (κ1) is 11.6. The number of alkyl halides is 2. The molecule has 0 saturated carbocycles. The van der Waals surface area contributed by atoms with Gasteiger partial charge in [-0.3, -0.25) is 9.67 Å². The molecule has 0 aliphatic rings. The zero-order chi connectivity index (χ0) is 13.2. The van der Waals surface area contributed by atoms with Crippen LogP contribution < -0.4 is 0 Å². The van der Waals surface area contributed by atoms with Gasteiger partial charge >= 0.3 is 0 Å². The van der Waals surface area contributed by atoms with E-state index in [1.807, 2.05) is 30.3 Å². The highest BCUT2D eigenvalue weighted by Crippen LogP contribution is 2.23. The van der Waals surface area contributed by atoms with Crippen LogP contribution in [0, 0.1) is 0 Å². The molecule has 2 aromatic heterocycles. The minimum atomic E-state index is -2.57. The molecule has 2 heterocycles. The van der Waals surface area contributed by atoms with Crippen molar-refractivity contribution in [3.63, 3.8) is 0 Å². The maximum Gasteiger partial charge on any atom is 0.279 e. The van der Waals surface area contributed by atoms with Gasteiger partial charge in [0.05, 0.1) is 0 Å². The van der Waals surface area contributed by atoms with Gasteiger partial charge in [-0.25, -0.2) is 13.8 Å². The molecule has 0 radical (unpaired) electrons. The number of aromatic amines is 1. The van der Waals surface area contributed by atoms with Crippen molar-refractivity contribution in [1.82, 2.24) is 19.7 Å². The molecule has 3 aromatic rings. The number of H-pyrrole nitrogens is 1. The Morgan fingerprint density at radius 1 is 1.16 bits per heavy atom. The Hall–Kier alpha value is -2.50. The van der Waals surface area contributed by atoms with Gasteiger partial charge in [-0.1, -0.05) is 18.2 Å². The number of halogens is 2. The van der Waals surface area contributed by atoms with E-state index in [1.54, 1.807) is 17.0 Å². The highest BCUT2D eigenvalue weighted by Gasteiger charge is 2.15. The number of hydrogen-bond donors (Lipinski definition) is 1. The average molecular weight is 260 g/mol. The molecule has 0 bridgehead atoms. The molecule has 0 amide bonds. The normalized spacial score (nSPS) is 11.1. The third kappa shape index (κ3) is 2.12. The Balaban J connectivity index is 2.04. The van der Waals surface area contributed by atoms with Crippen molar-refractivity contribution in [1.29, 1.82) is 0 Å². The summed E-state index contributed by atoms with van der Waals surface area (Å²) in [6, 6.07) is 10.8. The quantitative estimate of drug-likeness (QED) is 0.786. The van der Waals surface area contributed by atoms with Gasteiger partial charge in [0.25, 0.3) is 6.43 Å². The molecular formula is C13H10F2N4. The van der Waals surface area contributed by atoms with E-state index in [1.165, 1.54) is 6.07 Å². The fourth-order valence-electron chi connectivity index (χ4n) is 1.85. The maximum absolute atomic E-state index is 12.5. The maximum atomic E-state index is 12.5. The number of rotatable bonds is 3. The summed E-state index contributed by atoms with van der Waals surface area (Å²) in [4.78, 5) is 4.17. The van der Waals surface area contributed by atoms with Crippen molar-refractivity contribution in [2.45, 2.75) is 6.43 Å². The predicted molar refractivity (Wildman–Crippen MR) is 66.1 cm³/mol. The summed E-state index contributed by atoms with van der Waals surface area (Å²) in [5.41, 5.74) is 1.08. The monoisotopic (exact) mass is 260 g/mol. The van der Waals surface area contributed by atoms with Gasteiger partial charge in [0.15, 0.2) is 5.82 Å².